The van der Waals surface area contributed by atoms with E-state index in [0.717, 1.165) is 5.56 Å². The molecule has 5 nitrogen and oxygen atoms in total. The Balaban J connectivity index is 1.73. The smallest absolute Gasteiger partial charge is 0.338 e. The number of rotatable bonds is 8. The second kappa shape index (κ2) is 8.79. The molecule has 1 heterocycles. The maximum atomic E-state index is 11.6. The summed E-state index contributed by atoms with van der Waals surface area (Å²) in [5.41, 5.74) is 1.54. The zero-order valence-corrected chi connectivity index (χ0v) is 12.5. The lowest BCUT2D eigenvalue weighted by atomic mass is 10.2. The molecule has 2 rings (SSSR count). The first kappa shape index (κ1) is 16.0. The quantitative estimate of drug-likeness (QED) is 0.554. The number of hydrogen-bond acceptors (Lipinski definition) is 5. The topological polar surface area (TPSA) is 57.7 Å². The van der Waals surface area contributed by atoms with Crippen LogP contribution in [0.15, 0.2) is 48.7 Å². The highest BCUT2D eigenvalue weighted by Gasteiger charge is 2.07. The Bertz CT molecular complexity index is 586. The summed E-state index contributed by atoms with van der Waals surface area (Å²) < 4.78 is 15.9. The van der Waals surface area contributed by atoms with Crippen LogP contribution >= 0.6 is 0 Å². The minimum atomic E-state index is -0.380. The molecule has 116 valence electrons. The number of nitrogens with zero attached hydrogens (tertiary/aromatic N) is 1. The van der Waals surface area contributed by atoms with Gasteiger partial charge in [0.15, 0.2) is 0 Å². The Morgan fingerprint density at radius 1 is 1.14 bits per heavy atom. The molecule has 1 aromatic carbocycles. The Labute approximate surface area is 129 Å². The minimum Gasteiger partial charge on any atom is -0.475 e. The van der Waals surface area contributed by atoms with Crippen LogP contribution in [0.4, 0.5) is 0 Å². The third kappa shape index (κ3) is 5.18. The summed E-state index contributed by atoms with van der Waals surface area (Å²) in [6, 6.07) is 13.1. The predicted octanol–water partition coefficient (Wildman–Crippen LogP) is 2.85. The van der Waals surface area contributed by atoms with E-state index in [2.05, 4.69) is 4.98 Å². The summed E-state index contributed by atoms with van der Waals surface area (Å²) in [4.78, 5) is 15.7. The third-order valence-electron chi connectivity index (χ3n) is 2.84. The second-order valence-corrected chi connectivity index (χ2v) is 4.49. The number of carbonyl (C=O) groups is 1. The van der Waals surface area contributed by atoms with Gasteiger partial charge in [-0.1, -0.05) is 30.3 Å². The van der Waals surface area contributed by atoms with E-state index in [-0.39, 0.29) is 5.97 Å². The van der Waals surface area contributed by atoms with Gasteiger partial charge in [0.25, 0.3) is 0 Å². The summed E-state index contributed by atoms with van der Waals surface area (Å²) >= 11 is 0. The Hall–Kier alpha value is -2.40. The molecule has 22 heavy (non-hydrogen) atoms. The third-order valence-corrected chi connectivity index (χ3v) is 2.84. The summed E-state index contributed by atoms with van der Waals surface area (Å²) in [5, 5.41) is 0. The number of aromatic nitrogens is 1. The van der Waals surface area contributed by atoms with Gasteiger partial charge in [-0.25, -0.2) is 9.78 Å². The summed E-state index contributed by atoms with van der Waals surface area (Å²) in [7, 11) is 0. The van der Waals surface area contributed by atoms with E-state index in [9.17, 15) is 4.79 Å². The normalized spacial score (nSPS) is 10.2. The van der Waals surface area contributed by atoms with Crippen LogP contribution in [0.1, 0.15) is 22.8 Å². The first-order chi connectivity index (χ1) is 10.8. The van der Waals surface area contributed by atoms with Crippen LogP contribution in [0.2, 0.25) is 0 Å². The highest BCUT2D eigenvalue weighted by atomic mass is 16.5. The molecule has 0 aliphatic rings. The number of benzene rings is 1. The Morgan fingerprint density at radius 2 is 1.95 bits per heavy atom. The van der Waals surface area contributed by atoms with Crippen molar-refractivity contribution < 1.29 is 19.0 Å². The number of ether oxygens (including phenoxy) is 3. The van der Waals surface area contributed by atoms with Gasteiger partial charge >= 0.3 is 5.97 Å². The van der Waals surface area contributed by atoms with Gasteiger partial charge in [-0.05, 0) is 18.6 Å². The highest BCUT2D eigenvalue weighted by molar-refractivity contribution is 5.89. The van der Waals surface area contributed by atoms with E-state index < -0.39 is 0 Å². The monoisotopic (exact) mass is 301 g/mol. The Kier molecular flexibility index (Phi) is 6.39. The SMILES string of the molecule is CCOC(=O)c1ccnc(OCCOCc2ccccc2)c1. The van der Waals surface area contributed by atoms with E-state index in [4.69, 9.17) is 14.2 Å². The molecule has 2 aromatic rings. The largest absolute Gasteiger partial charge is 0.475 e. The molecule has 0 aliphatic heterocycles. The predicted molar refractivity (Wildman–Crippen MR) is 81.8 cm³/mol. The van der Waals surface area contributed by atoms with Gasteiger partial charge in [-0.15, -0.1) is 0 Å². The van der Waals surface area contributed by atoms with Crippen LogP contribution in [-0.4, -0.2) is 30.8 Å². The van der Waals surface area contributed by atoms with E-state index in [1.165, 1.54) is 6.20 Å². The molecular weight excluding hydrogens is 282 g/mol. The molecule has 0 saturated carbocycles. The summed E-state index contributed by atoms with van der Waals surface area (Å²) in [6.45, 7) is 3.46. The molecule has 0 unspecified atom stereocenters. The summed E-state index contributed by atoms with van der Waals surface area (Å²) in [6.07, 6.45) is 1.52. The maximum absolute atomic E-state index is 11.6. The summed E-state index contributed by atoms with van der Waals surface area (Å²) in [5.74, 6) is 0.00365. The molecule has 0 spiro atoms. The van der Waals surface area contributed by atoms with Crippen molar-refractivity contribution in [3.8, 4) is 5.88 Å². The molecule has 0 N–H and O–H groups in total. The van der Waals surface area contributed by atoms with Crippen molar-refractivity contribution in [2.24, 2.45) is 0 Å². The fraction of sp³-hybridized carbons (Fsp3) is 0.294. The van der Waals surface area contributed by atoms with Crippen LogP contribution in [0.5, 0.6) is 5.88 Å². The molecule has 1 aromatic heterocycles. The lowest BCUT2D eigenvalue weighted by molar-refractivity contribution is 0.0525. The number of hydrogen-bond donors (Lipinski definition) is 0. The molecule has 5 heteroatoms. The van der Waals surface area contributed by atoms with Crippen molar-refractivity contribution in [2.45, 2.75) is 13.5 Å². The van der Waals surface area contributed by atoms with Crippen molar-refractivity contribution in [1.29, 1.82) is 0 Å². The minimum absolute atomic E-state index is 0.338. The highest BCUT2D eigenvalue weighted by Crippen LogP contribution is 2.10. The molecule has 0 atom stereocenters. The zero-order valence-electron chi connectivity index (χ0n) is 12.5. The Morgan fingerprint density at radius 3 is 2.73 bits per heavy atom. The van der Waals surface area contributed by atoms with Gasteiger partial charge in [0.1, 0.15) is 6.61 Å². The van der Waals surface area contributed by atoms with Crippen LogP contribution in [-0.2, 0) is 16.1 Å². The first-order valence-electron chi connectivity index (χ1n) is 7.17. The number of pyridine rings is 1. The van der Waals surface area contributed by atoms with Crippen LogP contribution in [0.3, 0.4) is 0 Å². The second-order valence-electron chi connectivity index (χ2n) is 4.49. The standard InChI is InChI=1S/C17H19NO4/c1-2-21-17(19)15-8-9-18-16(12-15)22-11-10-20-13-14-6-4-3-5-7-14/h3-9,12H,2,10-11,13H2,1H3. The average molecular weight is 301 g/mol. The van der Waals surface area contributed by atoms with Crippen LogP contribution in [0, 0.1) is 0 Å². The first-order valence-corrected chi connectivity index (χ1v) is 7.17. The van der Waals surface area contributed by atoms with Gasteiger partial charge in [0.05, 0.1) is 25.4 Å². The molecule has 0 aliphatic carbocycles. The van der Waals surface area contributed by atoms with E-state index in [1.807, 2.05) is 30.3 Å². The van der Waals surface area contributed by atoms with Gasteiger partial charge in [-0.2, -0.15) is 0 Å². The molecule has 0 bridgehead atoms. The van der Waals surface area contributed by atoms with Crippen LogP contribution in [0.25, 0.3) is 0 Å². The van der Waals surface area contributed by atoms with Crippen molar-refractivity contribution in [1.82, 2.24) is 4.98 Å². The van der Waals surface area contributed by atoms with Gasteiger partial charge in [0.2, 0.25) is 5.88 Å². The van der Waals surface area contributed by atoms with Crippen molar-refractivity contribution in [3.63, 3.8) is 0 Å². The van der Waals surface area contributed by atoms with Crippen molar-refractivity contribution in [2.75, 3.05) is 19.8 Å². The average Bonchev–Trinajstić information content (AvgIpc) is 2.56. The van der Waals surface area contributed by atoms with Gasteiger partial charge in [0, 0.05) is 12.3 Å². The van der Waals surface area contributed by atoms with Crippen molar-refractivity contribution in [3.05, 3.63) is 59.8 Å². The number of carbonyl (C=O) groups excluding carboxylic acids is 1. The fourth-order valence-electron chi connectivity index (χ4n) is 1.80. The van der Waals surface area contributed by atoms with Crippen LogP contribution < -0.4 is 4.74 Å². The van der Waals surface area contributed by atoms with E-state index >= 15 is 0 Å². The lowest BCUT2D eigenvalue weighted by Gasteiger charge is -2.07. The molecule has 0 saturated heterocycles. The molecule has 0 amide bonds. The zero-order chi connectivity index (χ0) is 15.6. The maximum Gasteiger partial charge on any atom is 0.338 e. The van der Waals surface area contributed by atoms with E-state index in [0.29, 0.717) is 37.9 Å². The number of esters is 1. The molecule has 0 fully saturated rings. The molecule has 0 radical (unpaired) electrons. The lowest BCUT2D eigenvalue weighted by Crippen LogP contribution is -2.09. The van der Waals surface area contributed by atoms with Gasteiger partial charge in [-0.3, -0.25) is 0 Å². The van der Waals surface area contributed by atoms with E-state index in [1.54, 1.807) is 19.1 Å². The van der Waals surface area contributed by atoms with Crippen molar-refractivity contribution >= 4 is 5.97 Å². The molecular formula is C17H19NO4. The fourth-order valence-corrected chi connectivity index (χ4v) is 1.80. The van der Waals surface area contributed by atoms with Gasteiger partial charge < -0.3 is 14.2 Å².